The number of carbonyl (C=O) groups excluding carboxylic acids is 11. The molecule has 0 bridgehead atoms. The predicted molar refractivity (Wildman–Crippen MR) is 409 cm³/mol. The quantitative estimate of drug-likeness (QED) is 0.00992. The molecule has 1 aliphatic rings. The Bertz CT molecular complexity index is 3920. The lowest BCUT2D eigenvalue weighted by molar-refractivity contribution is -0.145. The van der Waals surface area contributed by atoms with E-state index < -0.39 is 182 Å². The molecule has 0 radical (unpaired) electrons. The van der Waals surface area contributed by atoms with Crippen LogP contribution in [0.3, 0.4) is 0 Å². The van der Waals surface area contributed by atoms with Gasteiger partial charge in [-0.1, -0.05) is 53.9 Å². The first-order chi connectivity index (χ1) is 53.8. The van der Waals surface area contributed by atoms with E-state index >= 15 is 4.79 Å². The van der Waals surface area contributed by atoms with Crippen LogP contribution in [-0.2, 0) is 84.8 Å². The number of ketones is 5. The molecule has 2 aromatic heterocycles. The highest BCUT2D eigenvalue weighted by molar-refractivity contribution is 7.99. The number of unbranched alkanes of at least 4 members (excludes halogenated alkanes) is 1. The Morgan fingerprint density at radius 2 is 1.12 bits per heavy atom. The molecule has 41 heteroatoms. The molecule has 3 heterocycles. The van der Waals surface area contributed by atoms with Gasteiger partial charge in [0.25, 0.3) is 0 Å². The van der Waals surface area contributed by atoms with Gasteiger partial charge in [0.1, 0.15) is 17.6 Å². The Labute approximate surface area is 658 Å². The van der Waals surface area contributed by atoms with Gasteiger partial charge in [0.2, 0.25) is 45.8 Å². The second kappa shape index (κ2) is 49.1. The van der Waals surface area contributed by atoms with Crippen LogP contribution >= 0.6 is 23.5 Å². The van der Waals surface area contributed by atoms with Crippen molar-refractivity contribution in [3.05, 3.63) is 65.9 Å². The number of aliphatic hydroxyl groups is 1. The number of rotatable bonds is 54. The fourth-order valence-electron chi connectivity index (χ4n) is 12.3. The van der Waals surface area contributed by atoms with Crippen LogP contribution < -0.4 is 49.5 Å². The lowest BCUT2D eigenvalue weighted by Gasteiger charge is -2.30. The molecule has 8 atom stereocenters. The maximum absolute atomic E-state index is 15.0. The zero-order valence-corrected chi connectivity index (χ0v) is 64.4. The fraction of sp³-hybridized carbons (Fsp3) is 0.556. The Morgan fingerprint density at radius 1 is 0.566 bits per heavy atom. The van der Waals surface area contributed by atoms with E-state index in [1.165, 1.54) is 31.2 Å². The summed E-state index contributed by atoms with van der Waals surface area (Å²) >= 11 is 2.04. The van der Waals surface area contributed by atoms with Crippen LogP contribution in [0.4, 0.5) is 0 Å². The van der Waals surface area contributed by atoms with Gasteiger partial charge in [0, 0.05) is 145 Å². The number of nitrogens with two attached hydrogens (primary N) is 4. The van der Waals surface area contributed by atoms with E-state index in [0.29, 0.717) is 34.9 Å². The lowest BCUT2D eigenvalue weighted by Crippen LogP contribution is -2.48. The number of Topliss-reactive ketones (excluding diaryl/α,β-unsaturated/α-hetero) is 5. The van der Waals surface area contributed by atoms with E-state index in [-0.39, 0.29) is 163 Å². The monoisotopic (exact) mass is 1620 g/mol. The van der Waals surface area contributed by atoms with Gasteiger partial charge in [0.05, 0.1) is 62.1 Å². The normalized spacial score (nSPS) is 15.0. The number of phenols is 1. The molecule has 6 amide bonds. The Hall–Kier alpha value is -10.5. The molecule has 1 fully saturated rings. The molecule has 39 nitrogen and oxygen atoms in total. The summed E-state index contributed by atoms with van der Waals surface area (Å²) in [5.41, 5.74) is 23.9. The van der Waals surface area contributed by atoms with Crippen molar-refractivity contribution in [2.75, 3.05) is 90.1 Å². The first-order valence-corrected chi connectivity index (χ1v) is 38.7. The van der Waals surface area contributed by atoms with Crippen molar-refractivity contribution >= 4 is 129 Å². The number of aromatic nitrogens is 5. The van der Waals surface area contributed by atoms with E-state index in [1.807, 2.05) is 0 Å². The minimum Gasteiger partial charge on any atom is -0.508 e. The molecule has 1 saturated heterocycles. The molecule has 2 aromatic carbocycles. The summed E-state index contributed by atoms with van der Waals surface area (Å²) in [5.74, 6) is -16.7. The number of aromatic hydroxyl groups is 1. The van der Waals surface area contributed by atoms with E-state index in [0.717, 1.165) is 23.5 Å². The van der Waals surface area contributed by atoms with E-state index in [9.17, 15) is 97.8 Å². The summed E-state index contributed by atoms with van der Waals surface area (Å²) in [5, 5.41) is 88.7. The molecule has 0 spiro atoms. The highest BCUT2D eigenvalue weighted by Gasteiger charge is 2.35. The van der Waals surface area contributed by atoms with Gasteiger partial charge in [-0.3, -0.25) is 86.8 Å². The molecule has 5 rings (SSSR count). The summed E-state index contributed by atoms with van der Waals surface area (Å²) in [7, 11) is 0. The van der Waals surface area contributed by atoms with Crippen LogP contribution in [0.2, 0.25) is 0 Å². The Balaban J connectivity index is 1.26. The third kappa shape index (κ3) is 35.0. The van der Waals surface area contributed by atoms with E-state index in [4.69, 9.17) is 22.9 Å². The number of aromatic amines is 1. The fourth-order valence-corrected chi connectivity index (χ4v) is 13.7. The minimum absolute atomic E-state index is 0.0135. The number of amides is 6. The van der Waals surface area contributed by atoms with Crippen molar-refractivity contribution < 1.29 is 103 Å². The number of aliphatic carboxylic acids is 4. The van der Waals surface area contributed by atoms with E-state index in [1.54, 1.807) is 45.2 Å². The molecule has 113 heavy (non-hydrogen) atoms. The van der Waals surface area contributed by atoms with Gasteiger partial charge >= 0.3 is 23.9 Å². The highest BCUT2D eigenvalue weighted by atomic mass is 32.2. The van der Waals surface area contributed by atoms with Crippen LogP contribution in [0.5, 0.6) is 5.75 Å². The number of benzene rings is 2. The molecule has 0 saturated carbocycles. The van der Waals surface area contributed by atoms with Crippen molar-refractivity contribution in [1.82, 2.24) is 66.7 Å². The molecular formula is C72H102N18O21S2. The third-order valence-electron chi connectivity index (χ3n) is 18.4. The van der Waals surface area contributed by atoms with Crippen molar-refractivity contribution in [3.63, 3.8) is 0 Å². The molecule has 4 aromatic rings. The minimum atomic E-state index is -1.66. The average molecular weight is 1620 g/mol. The number of phenolic OH excluding ortho intramolecular Hbond substituents is 1. The molecular weight excluding hydrogens is 1520 g/mol. The summed E-state index contributed by atoms with van der Waals surface area (Å²) in [6.45, 7) is 1.42. The lowest BCUT2D eigenvalue weighted by atomic mass is 9.89. The molecule has 20 N–H and O–H groups in total. The van der Waals surface area contributed by atoms with Crippen LogP contribution in [0.25, 0.3) is 10.9 Å². The highest BCUT2D eigenvalue weighted by Crippen LogP contribution is 2.25. The predicted octanol–water partition coefficient (Wildman–Crippen LogP) is -1.92. The number of aliphatic hydroxyl groups excluding tert-OH is 1. The number of nitrogens with zero attached hydrogens (tertiary/aromatic N) is 8. The number of thioether (sulfide) groups is 2. The zero-order chi connectivity index (χ0) is 83.1. The van der Waals surface area contributed by atoms with Crippen molar-refractivity contribution in [2.24, 2.45) is 45.7 Å². The van der Waals surface area contributed by atoms with Crippen molar-refractivity contribution in [1.29, 1.82) is 0 Å². The number of fused-ring (bicyclic) bond motifs is 1. The van der Waals surface area contributed by atoms with Crippen molar-refractivity contribution in [2.45, 2.75) is 157 Å². The maximum atomic E-state index is 15.0. The standard InChI is InChI=1S/C72H102N18O21S2/c1-42(92)31-47(41-113-72-86-84-71(85-87-72)112-30-23-77-60(98)18-15-55(69(110)111)90-28-26-88(38-64(103)104)24-25-89(27-29-90)39-65(105)106)68(109)82-52(9-4-5-21-73)58(96)34-44(32-43-11-13-48(93)14-12-43)67(108)83-53(33-45-37-79-50-8-3-2-7-49(45)50)57(95)17-20-61(99)80-51(10-6-22-78-70(75)76)56(94)16-19-62(100)81-54(36-63(101)102)59(97)35-46(40-91)66(74)107/h2-3,7-8,11-14,37,44,46-47,51-55,79,91,93H,4-6,9-10,15-36,38-41,73H2,1H3,(H2,74,107)(H,77,98)(H,80,99)(H,81,100)(H,82,109)(H,83,108)(H,101,102)(H,103,104)(H,105,106)(H,110,111)(H4,75,76,78)/t44-,46+,47+,51+,52+,53+,54+,55+/m1/s1. The number of carboxylic acids is 4. The van der Waals surface area contributed by atoms with Gasteiger partial charge in [-0.05, 0) is 87.7 Å². The summed E-state index contributed by atoms with van der Waals surface area (Å²) < 4.78 is 0. The van der Waals surface area contributed by atoms with Crippen LogP contribution in [-0.4, -0.2) is 285 Å². The average Bonchev–Trinajstić information content (AvgIpc) is 1.70. The van der Waals surface area contributed by atoms with Crippen molar-refractivity contribution in [3.8, 4) is 5.75 Å². The second-order valence-electron chi connectivity index (χ2n) is 27.2. The topological polar surface area (TPSA) is 631 Å². The van der Waals surface area contributed by atoms with Gasteiger partial charge in [-0.15, -0.1) is 20.4 Å². The summed E-state index contributed by atoms with van der Waals surface area (Å²) in [6, 6.07) is 6.30. The van der Waals surface area contributed by atoms with E-state index in [2.05, 4.69) is 57.0 Å². The second-order valence-corrected chi connectivity index (χ2v) is 29.3. The third-order valence-corrected chi connectivity index (χ3v) is 20.2. The maximum Gasteiger partial charge on any atom is 0.320 e. The number of hydrogen-bond acceptors (Lipinski definition) is 28. The number of para-hydroxylation sites is 1. The number of aliphatic imine (C=N–C) groups is 1. The van der Waals surface area contributed by atoms with Crippen LogP contribution in [0.1, 0.15) is 114 Å². The number of primary amides is 1. The number of nitrogens with one attached hydrogen (secondary N) is 6. The number of guanidine groups is 1. The Kier molecular flexibility index (Phi) is 40.5. The molecule has 0 unspecified atom stereocenters. The smallest absolute Gasteiger partial charge is 0.320 e. The number of H-pyrrole nitrogens is 1. The van der Waals surface area contributed by atoms with Gasteiger partial charge in [-0.25, -0.2) is 0 Å². The van der Waals surface area contributed by atoms with Gasteiger partial charge < -0.3 is 89.9 Å². The van der Waals surface area contributed by atoms with Gasteiger partial charge in [0.15, 0.2) is 29.1 Å². The molecule has 0 aliphatic carbocycles. The largest absolute Gasteiger partial charge is 0.508 e. The SMILES string of the molecule is CC(=O)C[C@@H](CSc1nnc(SCCNC(=O)CC[C@@H](C(=O)O)N2CCN(CC(=O)O)CCN(CC(=O)O)CC2)nn1)C(=O)N[C@@H](CCCCN)C(=O)C[C@@H](Cc1ccc(O)cc1)C(=O)N[C@@H](Cc1c[nH]c2ccccc12)C(=O)CCC(=O)N[C@@H](CCCN=C(N)N)C(=O)CCC(=O)N[C@@H](CC(=O)O)C(=O)C[C@@H](CO)C(N)=O. The number of carbonyl (C=O) groups is 15. The number of carboxylic acid groups (broad SMARTS) is 4. The molecule has 1 aliphatic heterocycles. The Morgan fingerprint density at radius 3 is 1.69 bits per heavy atom. The summed E-state index contributed by atoms with van der Waals surface area (Å²) in [4.78, 5) is 209. The van der Waals surface area contributed by atoms with Gasteiger partial charge in [-0.2, -0.15) is 0 Å². The first kappa shape index (κ1) is 93.1. The molecule has 618 valence electrons. The first-order valence-electron chi connectivity index (χ1n) is 36.8. The number of hydrogen-bond donors (Lipinski definition) is 16. The van der Waals surface area contributed by atoms with Crippen LogP contribution in [0, 0.1) is 17.8 Å². The zero-order valence-electron chi connectivity index (χ0n) is 62.7. The summed E-state index contributed by atoms with van der Waals surface area (Å²) in [6.07, 6.45) is -2.56. The van der Waals surface area contributed by atoms with Crippen LogP contribution in [0.15, 0.2) is 70.0 Å².